The Hall–Kier alpha value is -1.55. The largest absolute Gasteiger partial charge is 0.271 e. The molecule has 6 heteroatoms. The first kappa shape index (κ1) is 15.8. The predicted octanol–water partition coefficient (Wildman–Crippen LogP) is 4.80. The fourth-order valence-corrected chi connectivity index (χ4v) is 2.02. The number of nitrogens with one attached hydrogen (secondary N) is 1. The number of hydrogen-bond donors (Lipinski definition) is 1. The molecule has 3 nitrogen and oxygen atoms in total. The zero-order valence-corrected chi connectivity index (χ0v) is 13.3. The standard InChI is InChI=1S/C15H11Cl3N2O/c1-9(10-2-5-12(16)6-3-10)19-20-15(21)11-4-7-13(17)14(18)8-11/h2-8H,1H3,(H,20,21). The quantitative estimate of drug-likeness (QED) is 0.632. The lowest BCUT2D eigenvalue weighted by atomic mass is 10.1. The molecule has 2 aromatic rings. The van der Waals surface area contributed by atoms with E-state index in [1.165, 1.54) is 6.07 Å². The van der Waals surface area contributed by atoms with Gasteiger partial charge in [0.1, 0.15) is 0 Å². The van der Waals surface area contributed by atoms with Crippen LogP contribution in [0.5, 0.6) is 0 Å². The molecule has 1 N–H and O–H groups in total. The molecule has 0 heterocycles. The van der Waals surface area contributed by atoms with Crippen LogP contribution in [0.25, 0.3) is 0 Å². The number of nitrogens with zero attached hydrogens (tertiary/aromatic N) is 1. The predicted molar refractivity (Wildman–Crippen MR) is 87.6 cm³/mol. The number of rotatable bonds is 3. The van der Waals surface area contributed by atoms with Crippen molar-refractivity contribution in [1.82, 2.24) is 5.43 Å². The summed E-state index contributed by atoms with van der Waals surface area (Å²) in [5.41, 5.74) is 4.40. The summed E-state index contributed by atoms with van der Waals surface area (Å²) < 4.78 is 0. The number of hydrogen-bond acceptors (Lipinski definition) is 2. The van der Waals surface area contributed by atoms with Gasteiger partial charge in [-0.2, -0.15) is 5.10 Å². The minimum absolute atomic E-state index is 0.322. The Bertz CT molecular complexity index is 697. The molecule has 0 atom stereocenters. The Morgan fingerprint density at radius 1 is 0.952 bits per heavy atom. The number of hydrazone groups is 1. The highest BCUT2D eigenvalue weighted by atomic mass is 35.5. The van der Waals surface area contributed by atoms with Gasteiger partial charge in [0.15, 0.2) is 0 Å². The van der Waals surface area contributed by atoms with E-state index in [0.717, 1.165) is 5.56 Å². The first-order valence-electron chi connectivity index (χ1n) is 6.03. The van der Waals surface area contributed by atoms with E-state index in [9.17, 15) is 4.79 Å². The molecular weight excluding hydrogens is 331 g/mol. The van der Waals surface area contributed by atoms with E-state index >= 15 is 0 Å². The summed E-state index contributed by atoms with van der Waals surface area (Å²) in [6.07, 6.45) is 0. The molecular formula is C15H11Cl3N2O. The van der Waals surface area contributed by atoms with Crippen molar-refractivity contribution in [3.63, 3.8) is 0 Å². The molecule has 0 fully saturated rings. The average molecular weight is 342 g/mol. The second kappa shape index (κ2) is 6.94. The third-order valence-corrected chi connectivity index (χ3v) is 3.76. The smallest absolute Gasteiger partial charge is 0.267 e. The second-order valence-electron chi connectivity index (χ2n) is 4.27. The normalized spacial score (nSPS) is 11.3. The maximum Gasteiger partial charge on any atom is 0.271 e. The highest BCUT2D eigenvalue weighted by Gasteiger charge is 2.07. The van der Waals surface area contributed by atoms with E-state index in [1.807, 2.05) is 12.1 Å². The fraction of sp³-hybridized carbons (Fsp3) is 0.0667. The molecule has 0 aromatic heterocycles. The minimum atomic E-state index is -0.359. The van der Waals surface area contributed by atoms with Crippen molar-refractivity contribution >= 4 is 46.4 Å². The summed E-state index contributed by atoms with van der Waals surface area (Å²) in [4.78, 5) is 12.0. The van der Waals surface area contributed by atoms with Crippen LogP contribution >= 0.6 is 34.8 Å². The van der Waals surface area contributed by atoms with E-state index in [0.29, 0.717) is 26.3 Å². The molecule has 0 spiro atoms. The van der Waals surface area contributed by atoms with Gasteiger partial charge in [0.2, 0.25) is 0 Å². The number of carbonyl (C=O) groups excluding carboxylic acids is 1. The summed E-state index contributed by atoms with van der Waals surface area (Å²) in [5.74, 6) is -0.359. The Balaban J connectivity index is 2.10. The molecule has 108 valence electrons. The summed E-state index contributed by atoms with van der Waals surface area (Å²) in [6.45, 7) is 1.79. The molecule has 21 heavy (non-hydrogen) atoms. The van der Waals surface area contributed by atoms with Crippen LogP contribution in [-0.2, 0) is 0 Å². The molecule has 1 amide bonds. The Morgan fingerprint density at radius 3 is 2.19 bits per heavy atom. The molecule has 0 saturated carbocycles. The van der Waals surface area contributed by atoms with Gasteiger partial charge in [-0.15, -0.1) is 0 Å². The zero-order chi connectivity index (χ0) is 15.4. The summed E-state index contributed by atoms with van der Waals surface area (Å²) in [5, 5.41) is 5.41. The van der Waals surface area contributed by atoms with Gasteiger partial charge in [-0.25, -0.2) is 5.43 Å². The van der Waals surface area contributed by atoms with Crippen molar-refractivity contribution in [2.45, 2.75) is 6.92 Å². The Morgan fingerprint density at radius 2 is 1.57 bits per heavy atom. The van der Waals surface area contributed by atoms with Crippen LogP contribution in [0.15, 0.2) is 47.6 Å². The summed E-state index contributed by atoms with van der Waals surface area (Å²) in [7, 11) is 0. The first-order chi connectivity index (χ1) is 9.97. The van der Waals surface area contributed by atoms with Gasteiger partial charge < -0.3 is 0 Å². The van der Waals surface area contributed by atoms with Crippen LogP contribution < -0.4 is 5.43 Å². The minimum Gasteiger partial charge on any atom is -0.267 e. The molecule has 2 aromatic carbocycles. The number of halogens is 3. The molecule has 0 bridgehead atoms. The van der Waals surface area contributed by atoms with E-state index in [2.05, 4.69) is 10.5 Å². The number of amides is 1. The molecule has 0 aliphatic rings. The van der Waals surface area contributed by atoms with Crippen molar-refractivity contribution < 1.29 is 4.79 Å². The fourth-order valence-electron chi connectivity index (χ4n) is 1.59. The summed E-state index contributed by atoms with van der Waals surface area (Å²) in [6, 6.07) is 11.8. The molecule has 2 rings (SSSR count). The average Bonchev–Trinajstić information content (AvgIpc) is 2.48. The van der Waals surface area contributed by atoms with E-state index in [1.54, 1.807) is 31.2 Å². The van der Waals surface area contributed by atoms with Crippen LogP contribution in [0.4, 0.5) is 0 Å². The number of carbonyl (C=O) groups is 1. The first-order valence-corrected chi connectivity index (χ1v) is 7.16. The van der Waals surface area contributed by atoms with Gasteiger partial charge in [-0.3, -0.25) is 4.79 Å². The highest BCUT2D eigenvalue weighted by molar-refractivity contribution is 6.42. The van der Waals surface area contributed by atoms with Crippen LogP contribution in [0.3, 0.4) is 0 Å². The van der Waals surface area contributed by atoms with Gasteiger partial charge in [0.25, 0.3) is 5.91 Å². The van der Waals surface area contributed by atoms with Crippen molar-refractivity contribution in [3.8, 4) is 0 Å². The molecule has 0 radical (unpaired) electrons. The SMILES string of the molecule is CC(=NNC(=O)c1ccc(Cl)c(Cl)c1)c1ccc(Cl)cc1. The lowest BCUT2D eigenvalue weighted by Crippen LogP contribution is -2.19. The Kier molecular flexibility index (Phi) is 5.23. The maximum atomic E-state index is 12.0. The second-order valence-corrected chi connectivity index (χ2v) is 5.52. The topological polar surface area (TPSA) is 41.5 Å². The lowest BCUT2D eigenvalue weighted by molar-refractivity contribution is 0.0955. The zero-order valence-electron chi connectivity index (χ0n) is 11.0. The van der Waals surface area contributed by atoms with Crippen LogP contribution in [0, 0.1) is 0 Å². The van der Waals surface area contributed by atoms with Crippen LogP contribution in [0.2, 0.25) is 15.1 Å². The van der Waals surface area contributed by atoms with Gasteiger partial charge in [-0.1, -0.05) is 46.9 Å². The van der Waals surface area contributed by atoms with Crippen molar-refractivity contribution in [1.29, 1.82) is 0 Å². The third-order valence-electron chi connectivity index (χ3n) is 2.77. The third kappa shape index (κ3) is 4.21. The van der Waals surface area contributed by atoms with Gasteiger partial charge in [-0.05, 0) is 42.8 Å². The van der Waals surface area contributed by atoms with Crippen LogP contribution in [-0.4, -0.2) is 11.6 Å². The molecule has 0 aliphatic carbocycles. The van der Waals surface area contributed by atoms with Gasteiger partial charge in [0, 0.05) is 10.6 Å². The maximum absolute atomic E-state index is 12.0. The van der Waals surface area contributed by atoms with E-state index in [4.69, 9.17) is 34.8 Å². The van der Waals surface area contributed by atoms with Gasteiger partial charge in [0.05, 0.1) is 15.8 Å². The van der Waals surface area contributed by atoms with Gasteiger partial charge >= 0.3 is 0 Å². The highest BCUT2D eigenvalue weighted by Crippen LogP contribution is 2.22. The molecule has 0 aliphatic heterocycles. The molecule has 0 unspecified atom stereocenters. The number of benzene rings is 2. The van der Waals surface area contributed by atoms with E-state index < -0.39 is 0 Å². The monoisotopic (exact) mass is 340 g/mol. The van der Waals surface area contributed by atoms with Crippen molar-refractivity contribution in [3.05, 3.63) is 68.7 Å². The summed E-state index contributed by atoms with van der Waals surface area (Å²) >= 11 is 17.5. The van der Waals surface area contributed by atoms with Crippen molar-refractivity contribution in [2.24, 2.45) is 5.10 Å². The lowest BCUT2D eigenvalue weighted by Gasteiger charge is -2.04. The Labute approximate surface area is 137 Å². The van der Waals surface area contributed by atoms with E-state index in [-0.39, 0.29) is 5.91 Å². The van der Waals surface area contributed by atoms with Crippen molar-refractivity contribution in [2.75, 3.05) is 0 Å². The van der Waals surface area contributed by atoms with Crippen LogP contribution in [0.1, 0.15) is 22.8 Å². The molecule has 0 saturated heterocycles.